The summed E-state index contributed by atoms with van der Waals surface area (Å²) in [6, 6.07) is -0.376. The van der Waals surface area contributed by atoms with Gasteiger partial charge in [0.25, 0.3) is 0 Å². The van der Waals surface area contributed by atoms with Crippen LogP contribution in [-0.2, 0) is 4.79 Å². The molecule has 19 heavy (non-hydrogen) atoms. The van der Waals surface area contributed by atoms with E-state index in [9.17, 15) is 4.79 Å². The molecule has 2 heterocycles. The Hall–Kier alpha value is -2.51. The lowest BCUT2D eigenvalue weighted by Crippen LogP contribution is -2.34. The molecule has 2 rings (SSSR count). The van der Waals surface area contributed by atoms with Crippen LogP contribution >= 0.6 is 0 Å². The quantitative estimate of drug-likeness (QED) is 0.702. The molecule has 0 aromatic carbocycles. The molecule has 8 nitrogen and oxygen atoms in total. The molecular weight excluding hydrogens is 246 g/mol. The Morgan fingerprint density at radius 3 is 2.95 bits per heavy atom. The van der Waals surface area contributed by atoms with E-state index in [-0.39, 0.29) is 11.9 Å². The van der Waals surface area contributed by atoms with E-state index in [1.165, 1.54) is 17.3 Å². The molecule has 0 aliphatic heterocycles. The van der Waals surface area contributed by atoms with Gasteiger partial charge in [-0.1, -0.05) is 0 Å². The summed E-state index contributed by atoms with van der Waals surface area (Å²) < 4.78 is 1.51. The van der Waals surface area contributed by atoms with Crippen molar-refractivity contribution >= 4 is 11.7 Å². The van der Waals surface area contributed by atoms with Gasteiger partial charge in [0, 0.05) is 25.5 Å². The van der Waals surface area contributed by atoms with Gasteiger partial charge < -0.3 is 10.6 Å². The fourth-order valence-corrected chi connectivity index (χ4v) is 1.45. The van der Waals surface area contributed by atoms with Crippen molar-refractivity contribution in [3.05, 3.63) is 31.2 Å². The molecule has 2 aromatic rings. The topological polar surface area (TPSA) is 97.6 Å². The molecule has 0 bridgehead atoms. The summed E-state index contributed by atoms with van der Waals surface area (Å²) in [5.41, 5.74) is 0. The van der Waals surface area contributed by atoms with Crippen LogP contribution in [0.25, 0.3) is 0 Å². The first-order valence-corrected chi connectivity index (χ1v) is 5.89. The second-order valence-electron chi connectivity index (χ2n) is 3.86. The molecule has 2 N–H and O–H groups in total. The molecule has 0 aliphatic carbocycles. The van der Waals surface area contributed by atoms with Crippen molar-refractivity contribution in [1.82, 2.24) is 30.0 Å². The lowest BCUT2D eigenvalue weighted by molar-refractivity contribution is -0.124. The van der Waals surface area contributed by atoms with Crippen molar-refractivity contribution in [2.75, 3.05) is 18.4 Å². The van der Waals surface area contributed by atoms with Gasteiger partial charge in [-0.05, 0) is 6.92 Å². The number of aromatic nitrogens is 5. The number of amides is 1. The average Bonchev–Trinajstić information content (AvgIpc) is 2.98. The molecule has 1 atom stereocenters. The van der Waals surface area contributed by atoms with Crippen molar-refractivity contribution in [2.24, 2.45) is 0 Å². The molecule has 100 valence electrons. The third kappa shape index (κ3) is 3.73. The van der Waals surface area contributed by atoms with Crippen LogP contribution in [0.1, 0.15) is 13.0 Å². The smallest absolute Gasteiger partial charge is 0.244 e. The van der Waals surface area contributed by atoms with Crippen molar-refractivity contribution in [3.8, 4) is 0 Å². The minimum Gasteiger partial charge on any atom is -0.367 e. The Labute approximate surface area is 110 Å². The Kier molecular flexibility index (Phi) is 4.38. The molecule has 2 aromatic heterocycles. The largest absolute Gasteiger partial charge is 0.367 e. The summed E-state index contributed by atoms with van der Waals surface area (Å²) in [5.74, 6) is 0.576. The van der Waals surface area contributed by atoms with E-state index >= 15 is 0 Å². The first-order chi connectivity index (χ1) is 9.27. The number of nitrogens with one attached hydrogen (secondary N) is 2. The molecule has 0 radical (unpaired) electrons. The SMILES string of the molecule is C[C@H](C(=O)NCCNc1cnccn1)n1cncn1. The van der Waals surface area contributed by atoms with Gasteiger partial charge in [0.2, 0.25) is 5.91 Å². The Bertz CT molecular complexity index is 499. The number of anilines is 1. The van der Waals surface area contributed by atoms with Crippen LogP contribution in [0.2, 0.25) is 0 Å². The third-order valence-electron chi connectivity index (χ3n) is 2.51. The number of hydrogen-bond donors (Lipinski definition) is 2. The normalized spacial score (nSPS) is 11.8. The lowest BCUT2D eigenvalue weighted by Gasteiger charge is -2.12. The van der Waals surface area contributed by atoms with Crippen LogP contribution < -0.4 is 10.6 Å². The lowest BCUT2D eigenvalue weighted by atomic mass is 10.3. The van der Waals surface area contributed by atoms with Crippen molar-refractivity contribution in [2.45, 2.75) is 13.0 Å². The van der Waals surface area contributed by atoms with Crippen LogP contribution in [0.3, 0.4) is 0 Å². The first-order valence-electron chi connectivity index (χ1n) is 5.89. The number of hydrogen-bond acceptors (Lipinski definition) is 6. The average molecular weight is 261 g/mol. The first kappa shape index (κ1) is 12.9. The zero-order chi connectivity index (χ0) is 13.5. The monoisotopic (exact) mass is 261 g/mol. The molecular formula is C11H15N7O. The highest BCUT2D eigenvalue weighted by Crippen LogP contribution is 2.01. The second-order valence-corrected chi connectivity index (χ2v) is 3.86. The van der Waals surface area contributed by atoms with Gasteiger partial charge in [0.1, 0.15) is 24.5 Å². The highest BCUT2D eigenvalue weighted by molar-refractivity contribution is 5.79. The van der Waals surface area contributed by atoms with Crippen LogP contribution in [0.5, 0.6) is 0 Å². The predicted molar refractivity (Wildman–Crippen MR) is 68.3 cm³/mol. The van der Waals surface area contributed by atoms with Crippen LogP contribution in [-0.4, -0.2) is 43.7 Å². The number of carbonyl (C=O) groups excluding carboxylic acids is 1. The molecule has 0 saturated heterocycles. The molecule has 0 saturated carbocycles. The van der Waals surface area contributed by atoms with Crippen LogP contribution in [0.15, 0.2) is 31.2 Å². The molecule has 8 heteroatoms. The van der Waals surface area contributed by atoms with E-state index < -0.39 is 0 Å². The van der Waals surface area contributed by atoms with Crippen molar-refractivity contribution in [1.29, 1.82) is 0 Å². The van der Waals surface area contributed by atoms with Gasteiger partial charge in [-0.2, -0.15) is 5.10 Å². The van der Waals surface area contributed by atoms with E-state index in [1.807, 2.05) is 0 Å². The zero-order valence-corrected chi connectivity index (χ0v) is 10.5. The summed E-state index contributed by atoms with van der Waals surface area (Å²) in [6.45, 7) is 2.84. The minimum absolute atomic E-state index is 0.105. The molecule has 0 aliphatic rings. The van der Waals surface area contributed by atoms with Crippen LogP contribution in [0.4, 0.5) is 5.82 Å². The van der Waals surface area contributed by atoms with Gasteiger partial charge >= 0.3 is 0 Å². The molecule has 0 fully saturated rings. The van der Waals surface area contributed by atoms with Crippen molar-refractivity contribution < 1.29 is 4.79 Å². The van der Waals surface area contributed by atoms with E-state index in [1.54, 1.807) is 25.5 Å². The fourth-order valence-electron chi connectivity index (χ4n) is 1.45. The van der Waals surface area contributed by atoms with Crippen molar-refractivity contribution in [3.63, 3.8) is 0 Å². The van der Waals surface area contributed by atoms with Gasteiger partial charge in [-0.3, -0.25) is 9.78 Å². The molecule has 0 spiro atoms. The Morgan fingerprint density at radius 2 is 2.26 bits per heavy atom. The maximum Gasteiger partial charge on any atom is 0.244 e. The maximum absolute atomic E-state index is 11.8. The Morgan fingerprint density at radius 1 is 1.37 bits per heavy atom. The molecule has 1 amide bonds. The van der Waals surface area contributed by atoms with Gasteiger partial charge in [0.15, 0.2) is 0 Å². The van der Waals surface area contributed by atoms with E-state index in [0.717, 1.165) is 0 Å². The summed E-state index contributed by atoms with van der Waals surface area (Å²) in [7, 11) is 0. The second kappa shape index (κ2) is 6.43. The number of nitrogens with zero attached hydrogens (tertiary/aromatic N) is 5. The van der Waals surface area contributed by atoms with Gasteiger partial charge in [-0.25, -0.2) is 14.6 Å². The third-order valence-corrected chi connectivity index (χ3v) is 2.51. The summed E-state index contributed by atoms with van der Waals surface area (Å²) in [4.78, 5) is 23.6. The molecule has 0 unspecified atom stereocenters. The maximum atomic E-state index is 11.8. The highest BCUT2D eigenvalue weighted by atomic mass is 16.2. The summed E-state index contributed by atoms with van der Waals surface area (Å²) in [6.07, 6.45) is 7.75. The Balaban J connectivity index is 1.70. The van der Waals surface area contributed by atoms with E-state index in [0.29, 0.717) is 18.9 Å². The minimum atomic E-state index is -0.376. The predicted octanol–water partition coefficient (Wildman–Crippen LogP) is -0.143. The summed E-state index contributed by atoms with van der Waals surface area (Å²) in [5, 5.41) is 9.78. The van der Waals surface area contributed by atoms with Gasteiger partial charge in [0.05, 0.1) is 6.20 Å². The number of rotatable bonds is 6. The number of carbonyl (C=O) groups is 1. The van der Waals surface area contributed by atoms with Gasteiger partial charge in [-0.15, -0.1) is 0 Å². The highest BCUT2D eigenvalue weighted by Gasteiger charge is 2.14. The van der Waals surface area contributed by atoms with Crippen LogP contribution in [0, 0.1) is 0 Å². The standard InChI is InChI=1S/C11H15N7O/c1-9(18-8-13-7-17-18)11(19)16-5-4-15-10-6-12-2-3-14-10/h2-3,6-9H,4-5H2,1H3,(H,14,15)(H,16,19)/t9-/m1/s1. The summed E-state index contributed by atoms with van der Waals surface area (Å²) >= 11 is 0. The van der Waals surface area contributed by atoms with E-state index in [2.05, 4.69) is 30.7 Å². The zero-order valence-electron chi connectivity index (χ0n) is 10.5. The fraction of sp³-hybridized carbons (Fsp3) is 0.364. The van der Waals surface area contributed by atoms with E-state index in [4.69, 9.17) is 0 Å².